The van der Waals surface area contributed by atoms with Crippen molar-refractivity contribution in [1.82, 2.24) is 10.1 Å². The third-order valence-electron chi connectivity index (χ3n) is 5.27. The van der Waals surface area contributed by atoms with Gasteiger partial charge in [0.05, 0.1) is 5.56 Å². The van der Waals surface area contributed by atoms with Gasteiger partial charge in [0.1, 0.15) is 30.5 Å². The number of phenolic OH excluding ortho intramolecular Hbond substituents is 1. The van der Waals surface area contributed by atoms with Crippen LogP contribution < -0.4 is 4.74 Å². The number of hydrogen-bond acceptors (Lipinski definition) is 7. The number of carbonyl (C=O) groups is 1. The lowest BCUT2D eigenvalue weighted by Crippen LogP contribution is -2.47. The highest BCUT2D eigenvalue weighted by molar-refractivity contribution is 6.06. The number of hydrogen-bond donors (Lipinski definition) is 1. The molecule has 5 rings (SSSR count). The lowest BCUT2D eigenvalue weighted by molar-refractivity contribution is -0.0706. The van der Waals surface area contributed by atoms with E-state index in [1.807, 2.05) is 0 Å². The van der Waals surface area contributed by atoms with Gasteiger partial charge in [0.25, 0.3) is 5.89 Å². The van der Waals surface area contributed by atoms with Crippen LogP contribution in [-0.2, 0) is 16.9 Å². The number of rotatable bonds is 5. The van der Waals surface area contributed by atoms with Gasteiger partial charge >= 0.3 is 0 Å². The van der Waals surface area contributed by atoms with Crippen LogP contribution in [0.3, 0.4) is 0 Å². The maximum atomic E-state index is 13.5. The SMILES string of the molecule is O=C1c2ccccc2OCC1(OCc1noc(-c2ccc(F)cc2)n1)c1ccc(O)cc1. The summed E-state index contributed by atoms with van der Waals surface area (Å²) >= 11 is 0. The second-order valence-electron chi connectivity index (χ2n) is 7.30. The molecule has 7 nitrogen and oxygen atoms in total. The number of Topliss-reactive ketones (excluding diaryl/α,β-unsaturated/α-hetero) is 1. The Morgan fingerprint density at radius 2 is 1.78 bits per heavy atom. The van der Waals surface area contributed by atoms with Gasteiger partial charge in [-0.25, -0.2) is 4.39 Å². The summed E-state index contributed by atoms with van der Waals surface area (Å²) in [5.41, 5.74) is 0.0204. The van der Waals surface area contributed by atoms with Gasteiger partial charge in [-0.3, -0.25) is 4.79 Å². The summed E-state index contributed by atoms with van der Waals surface area (Å²) in [7, 11) is 0. The topological polar surface area (TPSA) is 94.7 Å². The van der Waals surface area contributed by atoms with E-state index >= 15 is 0 Å². The summed E-state index contributed by atoms with van der Waals surface area (Å²) in [5.74, 6) is 0.327. The third kappa shape index (κ3) is 3.50. The lowest BCUT2D eigenvalue weighted by atomic mass is 9.84. The first kappa shape index (κ1) is 19.9. The van der Waals surface area contributed by atoms with Crippen LogP contribution in [0.1, 0.15) is 21.7 Å². The number of ether oxygens (including phenoxy) is 2. The Morgan fingerprint density at radius 3 is 2.56 bits per heavy atom. The van der Waals surface area contributed by atoms with E-state index in [0.717, 1.165) is 0 Å². The number of benzene rings is 3. The van der Waals surface area contributed by atoms with E-state index in [2.05, 4.69) is 10.1 Å². The number of aromatic nitrogens is 2. The molecule has 8 heteroatoms. The molecule has 1 N–H and O–H groups in total. The van der Waals surface area contributed by atoms with Gasteiger partial charge in [-0.15, -0.1) is 0 Å². The van der Waals surface area contributed by atoms with Crippen molar-refractivity contribution in [3.05, 3.63) is 95.6 Å². The van der Waals surface area contributed by atoms with Crippen molar-refractivity contribution in [2.45, 2.75) is 12.2 Å². The van der Waals surface area contributed by atoms with Crippen LogP contribution in [-0.4, -0.2) is 27.6 Å². The molecule has 0 amide bonds. The van der Waals surface area contributed by atoms with Crippen LogP contribution >= 0.6 is 0 Å². The van der Waals surface area contributed by atoms with E-state index in [9.17, 15) is 14.3 Å². The number of para-hydroxylation sites is 1. The van der Waals surface area contributed by atoms with Gasteiger partial charge < -0.3 is 19.1 Å². The Morgan fingerprint density at radius 1 is 1.03 bits per heavy atom. The summed E-state index contributed by atoms with van der Waals surface area (Å²) < 4.78 is 30.4. The summed E-state index contributed by atoms with van der Waals surface area (Å²) in [6.45, 7) is -0.195. The second-order valence-corrected chi connectivity index (χ2v) is 7.30. The Hall–Kier alpha value is -4.04. The minimum atomic E-state index is -1.46. The Labute approximate surface area is 182 Å². The molecule has 0 aliphatic carbocycles. The zero-order valence-electron chi connectivity index (χ0n) is 16.7. The monoisotopic (exact) mass is 432 g/mol. The Bertz CT molecular complexity index is 1270. The standard InChI is InChI=1S/C24H17FN2O5/c25-17-9-5-15(6-10-17)23-26-21(27-32-23)13-31-24(16-7-11-18(28)12-8-16)14-30-20-4-2-1-3-19(20)22(24)29/h1-12,28H,13-14H2. The van der Waals surface area contributed by atoms with Crippen LogP contribution in [0.5, 0.6) is 11.5 Å². The van der Waals surface area contributed by atoms with Gasteiger partial charge in [-0.2, -0.15) is 4.98 Å². The van der Waals surface area contributed by atoms with Crippen molar-refractivity contribution < 1.29 is 28.3 Å². The normalized spacial score (nSPS) is 17.6. The van der Waals surface area contributed by atoms with E-state index in [-0.39, 0.29) is 42.3 Å². The number of phenols is 1. The fourth-order valence-electron chi connectivity index (χ4n) is 3.59. The van der Waals surface area contributed by atoms with Crippen LogP contribution in [0, 0.1) is 5.82 Å². The molecule has 0 saturated heterocycles. The van der Waals surface area contributed by atoms with Crippen LogP contribution in [0.4, 0.5) is 4.39 Å². The average Bonchev–Trinajstić information content (AvgIpc) is 3.29. The zero-order valence-corrected chi connectivity index (χ0v) is 16.7. The molecule has 0 spiro atoms. The quantitative estimate of drug-likeness (QED) is 0.503. The number of aromatic hydroxyl groups is 1. The van der Waals surface area contributed by atoms with Crippen LogP contribution in [0.15, 0.2) is 77.3 Å². The lowest BCUT2D eigenvalue weighted by Gasteiger charge is -2.36. The van der Waals surface area contributed by atoms with E-state index in [0.29, 0.717) is 22.4 Å². The van der Waals surface area contributed by atoms with Gasteiger partial charge in [0.15, 0.2) is 11.4 Å². The predicted molar refractivity (Wildman–Crippen MR) is 111 cm³/mol. The molecule has 32 heavy (non-hydrogen) atoms. The molecule has 0 fully saturated rings. The summed E-state index contributed by atoms with van der Waals surface area (Å²) in [5, 5.41) is 13.6. The maximum absolute atomic E-state index is 13.5. The van der Waals surface area contributed by atoms with E-state index in [4.69, 9.17) is 14.0 Å². The van der Waals surface area contributed by atoms with Crippen LogP contribution in [0.25, 0.3) is 11.5 Å². The molecule has 4 aromatic rings. The highest BCUT2D eigenvalue weighted by Gasteiger charge is 2.47. The van der Waals surface area contributed by atoms with Crippen molar-refractivity contribution >= 4 is 5.78 Å². The van der Waals surface area contributed by atoms with Crippen molar-refractivity contribution in [2.75, 3.05) is 6.61 Å². The minimum Gasteiger partial charge on any atom is -0.508 e. The van der Waals surface area contributed by atoms with Gasteiger partial charge in [-0.1, -0.05) is 29.4 Å². The number of ketones is 1. The van der Waals surface area contributed by atoms with Crippen LogP contribution in [0.2, 0.25) is 0 Å². The molecule has 1 aliphatic heterocycles. The van der Waals surface area contributed by atoms with E-state index in [1.54, 1.807) is 36.4 Å². The average molecular weight is 432 g/mol. The minimum absolute atomic E-state index is 0.0592. The zero-order chi connectivity index (χ0) is 22.1. The van der Waals surface area contributed by atoms with Gasteiger partial charge in [0.2, 0.25) is 5.78 Å². The molecule has 1 unspecified atom stereocenters. The van der Waals surface area contributed by atoms with E-state index < -0.39 is 5.60 Å². The number of nitrogens with zero attached hydrogens (tertiary/aromatic N) is 2. The molecule has 0 bridgehead atoms. The Kier molecular flexibility index (Phi) is 4.91. The number of fused-ring (bicyclic) bond motifs is 1. The van der Waals surface area contributed by atoms with Crippen molar-refractivity contribution in [3.63, 3.8) is 0 Å². The summed E-state index contributed by atoms with van der Waals surface area (Å²) in [6.07, 6.45) is 0. The molecule has 0 radical (unpaired) electrons. The molecule has 1 atom stereocenters. The van der Waals surface area contributed by atoms with Gasteiger partial charge in [0, 0.05) is 5.56 Å². The van der Waals surface area contributed by atoms with E-state index in [1.165, 1.54) is 36.4 Å². The first-order valence-electron chi connectivity index (χ1n) is 9.84. The van der Waals surface area contributed by atoms with Crippen molar-refractivity contribution in [2.24, 2.45) is 0 Å². The molecule has 160 valence electrons. The fraction of sp³-hybridized carbons (Fsp3) is 0.125. The molecule has 1 aliphatic rings. The molecular weight excluding hydrogens is 415 g/mol. The largest absolute Gasteiger partial charge is 0.508 e. The fourth-order valence-corrected chi connectivity index (χ4v) is 3.59. The summed E-state index contributed by atoms with van der Waals surface area (Å²) in [6, 6.07) is 18.8. The highest BCUT2D eigenvalue weighted by Crippen LogP contribution is 2.39. The molecular formula is C24H17FN2O5. The number of carbonyl (C=O) groups excluding carboxylic acids is 1. The number of halogens is 1. The molecule has 3 aromatic carbocycles. The molecule has 2 heterocycles. The predicted octanol–water partition coefficient (Wildman–Crippen LogP) is 4.27. The Balaban J connectivity index is 1.46. The van der Waals surface area contributed by atoms with Crippen molar-refractivity contribution in [1.29, 1.82) is 0 Å². The molecule has 0 saturated carbocycles. The maximum Gasteiger partial charge on any atom is 0.258 e. The smallest absolute Gasteiger partial charge is 0.258 e. The third-order valence-corrected chi connectivity index (χ3v) is 5.27. The van der Waals surface area contributed by atoms with Crippen molar-refractivity contribution in [3.8, 4) is 23.0 Å². The first-order valence-corrected chi connectivity index (χ1v) is 9.84. The summed E-state index contributed by atoms with van der Waals surface area (Å²) in [4.78, 5) is 17.8. The molecule has 1 aromatic heterocycles. The second kappa shape index (κ2) is 7.90. The van der Waals surface area contributed by atoms with Gasteiger partial charge in [-0.05, 0) is 54.1 Å². The highest BCUT2D eigenvalue weighted by atomic mass is 19.1. The first-order chi connectivity index (χ1) is 15.5.